The third-order valence-electron chi connectivity index (χ3n) is 3.64. The maximum Gasteiger partial charge on any atom is 0.239 e. The average molecular weight is 338 g/mol. The molecule has 0 spiro atoms. The Morgan fingerprint density at radius 1 is 1.29 bits per heavy atom. The molecule has 2 rings (SSSR count). The van der Waals surface area contributed by atoms with Gasteiger partial charge in [-0.05, 0) is 39.3 Å². The van der Waals surface area contributed by atoms with Crippen LogP contribution in [-0.4, -0.2) is 37.0 Å². The molecule has 1 aliphatic rings. The summed E-state index contributed by atoms with van der Waals surface area (Å²) in [7, 11) is 1.58. The highest BCUT2D eigenvalue weighted by Gasteiger charge is 2.42. The van der Waals surface area contributed by atoms with E-state index in [9.17, 15) is 13.6 Å². The zero-order valence-corrected chi connectivity index (χ0v) is 14.4. The van der Waals surface area contributed by atoms with E-state index >= 15 is 0 Å². The Labute approximate surface area is 140 Å². The first-order valence-corrected chi connectivity index (χ1v) is 7.93. The van der Waals surface area contributed by atoms with Crippen LogP contribution in [0.3, 0.4) is 0 Å². The number of carbonyl (C=O) groups excluding carboxylic acids is 1. The minimum Gasteiger partial charge on any atom is -0.353 e. The van der Waals surface area contributed by atoms with Crippen molar-refractivity contribution in [3.05, 3.63) is 35.4 Å². The van der Waals surface area contributed by atoms with Crippen LogP contribution >= 0.6 is 0 Å². The topological polar surface area (TPSA) is 65.5 Å². The fraction of sp³-hybridized carbons (Fsp3) is 0.529. The molecule has 1 aromatic carbocycles. The fourth-order valence-corrected chi connectivity index (χ4v) is 2.54. The van der Waals surface area contributed by atoms with Gasteiger partial charge in [-0.2, -0.15) is 0 Å². The van der Waals surface area contributed by atoms with Crippen molar-refractivity contribution in [3.8, 4) is 0 Å². The first-order chi connectivity index (χ1) is 11.2. The van der Waals surface area contributed by atoms with E-state index in [0.717, 1.165) is 0 Å². The fourth-order valence-electron chi connectivity index (χ4n) is 2.54. The van der Waals surface area contributed by atoms with Crippen molar-refractivity contribution in [2.75, 3.05) is 13.6 Å². The number of amides is 1. The van der Waals surface area contributed by atoms with Crippen molar-refractivity contribution in [1.29, 1.82) is 0 Å². The number of guanidine groups is 1. The Hall–Kier alpha value is -2.18. The molecule has 1 amide bonds. The van der Waals surface area contributed by atoms with Crippen molar-refractivity contribution in [1.82, 2.24) is 16.0 Å². The van der Waals surface area contributed by atoms with Crippen molar-refractivity contribution in [2.24, 2.45) is 4.99 Å². The van der Waals surface area contributed by atoms with Crippen LogP contribution < -0.4 is 16.0 Å². The highest BCUT2D eigenvalue weighted by Crippen LogP contribution is 2.42. The lowest BCUT2D eigenvalue weighted by atomic mass is 10.1. The van der Waals surface area contributed by atoms with E-state index in [2.05, 4.69) is 20.9 Å². The molecular formula is C17H24F2N4O. The van der Waals surface area contributed by atoms with Gasteiger partial charge in [0.05, 0.1) is 6.54 Å². The van der Waals surface area contributed by atoms with E-state index in [1.165, 1.54) is 18.2 Å². The molecule has 7 heteroatoms. The summed E-state index contributed by atoms with van der Waals surface area (Å²) in [6.45, 7) is 5.77. The molecule has 1 aliphatic carbocycles. The van der Waals surface area contributed by atoms with Gasteiger partial charge in [-0.15, -0.1) is 0 Å². The molecule has 5 nitrogen and oxygen atoms in total. The number of benzene rings is 1. The van der Waals surface area contributed by atoms with Gasteiger partial charge in [0.2, 0.25) is 5.91 Å². The Morgan fingerprint density at radius 3 is 2.46 bits per heavy atom. The van der Waals surface area contributed by atoms with Gasteiger partial charge in [0.25, 0.3) is 0 Å². The second kappa shape index (κ2) is 7.15. The van der Waals surface area contributed by atoms with E-state index in [1.807, 2.05) is 20.8 Å². The number of nitrogens with one attached hydrogen (secondary N) is 3. The SMILES string of the molecule is CN=C(NCC(=O)NC(C)(C)C)NC1CC1c1c(F)cccc1F. The molecule has 0 bridgehead atoms. The molecule has 1 fully saturated rings. The summed E-state index contributed by atoms with van der Waals surface area (Å²) in [5, 5.41) is 8.82. The van der Waals surface area contributed by atoms with Gasteiger partial charge in [0, 0.05) is 30.1 Å². The summed E-state index contributed by atoms with van der Waals surface area (Å²) < 4.78 is 27.6. The average Bonchev–Trinajstić information content (AvgIpc) is 3.20. The highest BCUT2D eigenvalue weighted by molar-refractivity contribution is 5.87. The molecule has 2 unspecified atom stereocenters. The van der Waals surface area contributed by atoms with Crippen LogP contribution in [0.5, 0.6) is 0 Å². The summed E-state index contributed by atoms with van der Waals surface area (Å²) in [5.74, 6) is -1.01. The van der Waals surface area contributed by atoms with Crippen LogP contribution in [0.4, 0.5) is 8.78 Å². The third kappa shape index (κ3) is 4.91. The van der Waals surface area contributed by atoms with E-state index in [0.29, 0.717) is 12.4 Å². The molecule has 3 N–H and O–H groups in total. The molecule has 2 atom stereocenters. The highest BCUT2D eigenvalue weighted by atomic mass is 19.1. The number of hydrogen-bond donors (Lipinski definition) is 3. The summed E-state index contributed by atoms with van der Waals surface area (Å²) in [6, 6.07) is 3.77. The molecule has 24 heavy (non-hydrogen) atoms. The second-order valence-electron chi connectivity index (χ2n) is 6.95. The smallest absolute Gasteiger partial charge is 0.239 e. The quantitative estimate of drug-likeness (QED) is 0.580. The Morgan fingerprint density at radius 2 is 1.92 bits per heavy atom. The minimum absolute atomic E-state index is 0.0718. The van der Waals surface area contributed by atoms with Crippen LogP contribution in [0.25, 0.3) is 0 Å². The number of nitrogens with zero attached hydrogens (tertiary/aromatic N) is 1. The molecule has 0 radical (unpaired) electrons. The van der Waals surface area contributed by atoms with E-state index in [1.54, 1.807) is 7.05 Å². The Kier molecular flexibility index (Phi) is 5.41. The first-order valence-electron chi connectivity index (χ1n) is 7.93. The maximum absolute atomic E-state index is 13.8. The summed E-state index contributed by atoms with van der Waals surface area (Å²) in [4.78, 5) is 15.8. The van der Waals surface area contributed by atoms with E-state index < -0.39 is 11.6 Å². The normalized spacial score (nSPS) is 20.5. The molecule has 132 valence electrons. The van der Waals surface area contributed by atoms with Crippen molar-refractivity contribution >= 4 is 11.9 Å². The van der Waals surface area contributed by atoms with Crippen LogP contribution in [0.2, 0.25) is 0 Å². The lowest BCUT2D eigenvalue weighted by molar-refractivity contribution is -0.121. The first kappa shape index (κ1) is 18.2. The van der Waals surface area contributed by atoms with Crippen LogP contribution in [0, 0.1) is 11.6 Å². The van der Waals surface area contributed by atoms with Gasteiger partial charge in [0.15, 0.2) is 5.96 Å². The zero-order chi connectivity index (χ0) is 17.9. The molecule has 1 saturated carbocycles. The molecule has 1 aromatic rings. The van der Waals surface area contributed by atoms with Crippen molar-refractivity contribution < 1.29 is 13.6 Å². The van der Waals surface area contributed by atoms with Gasteiger partial charge >= 0.3 is 0 Å². The monoisotopic (exact) mass is 338 g/mol. The predicted octanol–water partition coefficient (Wildman–Crippen LogP) is 1.90. The van der Waals surface area contributed by atoms with E-state index in [4.69, 9.17) is 0 Å². The van der Waals surface area contributed by atoms with Crippen molar-refractivity contribution in [2.45, 2.75) is 44.7 Å². The molecule has 0 heterocycles. The third-order valence-corrected chi connectivity index (χ3v) is 3.64. The Bertz CT molecular complexity index is 620. The molecule has 0 saturated heterocycles. The predicted molar refractivity (Wildman–Crippen MR) is 89.9 cm³/mol. The summed E-state index contributed by atoms with van der Waals surface area (Å²) >= 11 is 0. The molecule has 0 aromatic heterocycles. The van der Waals surface area contributed by atoms with Crippen molar-refractivity contribution in [3.63, 3.8) is 0 Å². The maximum atomic E-state index is 13.8. The van der Waals surface area contributed by atoms with E-state index in [-0.39, 0.29) is 35.5 Å². The van der Waals surface area contributed by atoms with Gasteiger partial charge in [-0.1, -0.05) is 6.07 Å². The summed E-state index contributed by atoms with van der Waals surface area (Å²) in [5.41, 5.74) is -0.199. The molecular weight excluding hydrogens is 314 g/mol. The van der Waals surface area contributed by atoms with Gasteiger partial charge < -0.3 is 16.0 Å². The number of aliphatic imine (C=N–C) groups is 1. The van der Waals surface area contributed by atoms with Crippen LogP contribution in [0.1, 0.15) is 38.7 Å². The van der Waals surface area contributed by atoms with Gasteiger partial charge in [0.1, 0.15) is 11.6 Å². The lowest BCUT2D eigenvalue weighted by Gasteiger charge is -2.21. The van der Waals surface area contributed by atoms with Gasteiger partial charge in [-0.25, -0.2) is 8.78 Å². The lowest BCUT2D eigenvalue weighted by Crippen LogP contribution is -2.48. The Balaban J connectivity index is 1.86. The number of rotatable bonds is 4. The number of halogens is 2. The van der Waals surface area contributed by atoms with Crippen LogP contribution in [0.15, 0.2) is 23.2 Å². The second-order valence-corrected chi connectivity index (χ2v) is 6.95. The minimum atomic E-state index is -0.531. The van der Waals surface area contributed by atoms with Gasteiger partial charge in [-0.3, -0.25) is 9.79 Å². The standard InChI is InChI=1S/C17H24F2N4O/c1-17(2,3)23-14(24)9-21-16(20-4)22-13-8-10(13)15-11(18)6-5-7-12(15)19/h5-7,10,13H,8-9H2,1-4H3,(H,23,24)(H2,20,21,22). The molecule has 0 aliphatic heterocycles. The van der Waals surface area contributed by atoms with Crippen LogP contribution in [-0.2, 0) is 4.79 Å². The summed E-state index contributed by atoms with van der Waals surface area (Å²) in [6.07, 6.45) is 0.618. The number of hydrogen-bond acceptors (Lipinski definition) is 2. The zero-order valence-electron chi connectivity index (χ0n) is 14.4. The largest absolute Gasteiger partial charge is 0.353 e. The number of carbonyl (C=O) groups is 1.